The predicted molar refractivity (Wildman–Crippen MR) is 131 cm³/mol. The molecule has 33 heavy (non-hydrogen) atoms. The third-order valence-corrected chi connectivity index (χ3v) is 6.97. The largest absolute Gasteiger partial charge is 0.296 e. The van der Waals surface area contributed by atoms with Gasteiger partial charge in [0.2, 0.25) is 0 Å². The Bertz CT molecular complexity index is 890. The van der Waals surface area contributed by atoms with Gasteiger partial charge in [0.15, 0.2) is 0 Å². The lowest BCUT2D eigenvalue weighted by atomic mass is 9.88. The third kappa shape index (κ3) is 6.42. The molecule has 4 rings (SSSR count). The maximum Gasteiger partial charge on any atom is 0.136 e. The summed E-state index contributed by atoms with van der Waals surface area (Å²) in [5, 5.41) is 7.32. The van der Waals surface area contributed by atoms with E-state index in [1.165, 1.54) is 12.5 Å². The van der Waals surface area contributed by atoms with E-state index in [-0.39, 0.29) is 0 Å². The Hall–Kier alpha value is -2.25. The first kappa shape index (κ1) is 25.4. The molecule has 0 amide bonds. The predicted octanol–water partition coefficient (Wildman–Crippen LogP) is 7.76. The highest BCUT2D eigenvalue weighted by molar-refractivity contribution is 5.46. The van der Waals surface area contributed by atoms with E-state index in [2.05, 4.69) is 49.1 Å². The van der Waals surface area contributed by atoms with Crippen LogP contribution in [-0.4, -0.2) is 17.5 Å². The van der Waals surface area contributed by atoms with Crippen molar-refractivity contribution >= 4 is 0 Å². The minimum atomic E-state index is -1.22. The second kappa shape index (κ2) is 11.3. The first-order chi connectivity index (χ1) is 15.9. The summed E-state index contributed by atoms with van der Waals surface area (Å²) in [4.78, 5) is 2.56. The average molecular weight is 453 g/mol. The van der Waals surface area contributed by atoms with Crippen molar-refractivity contribution in [2.75, 3.05) is 6.54 Å². The molecule has 0 spiro atoms. The Kier molecular flexibility index (Phi) is 8.65. The summed E-state index contributed by atoms with van der Waals surface area (Å²) >= 11 is 0. The first-order valence-corrected chi connectivity index (χ1v) is 12.5. The van der Waals surface area contributed by atoms with E-state index in [1.54, 1.807) is 6.07 Å². The molecule has 0 aromatic heterocycles. The van der Waals surface area contributed by atoms with Gasteiger partial charge in [0.05, 0.1) is 6.07 Å². The minimum absolute atomic E-state index is 0.413. The molecule has 2 aliphatic rings. The van der Waals surface area contributed by atoms with Crippen LogP contribution in [0.4, 0.5) is 8.78 Å². The van der Waals surface area contributed by atoms with Gasteiger partial charge in [-0.25, -0.2) is 8.78 Å². The van der Waals surface area contributed by atoms with Crippen LogP contribution < -0.4 is 0 Å². The lowest BCUT2D eigenvalue weighted by Gasteiger charge is -2.32. The number of alkyl halides is 2. The monoisotopic (exact) mass is 452 g/mol. The van der Waals surface area contributed by atoms with Gasteiger partial charge in [-0.2, -0.15) is 5.26 Å². The number of nitriles is 1. The molecule has 0 N–H and O–H groups in total. The molecule has 1 unspecified atom stereocenters. The second-order valence-corrected chi connectivity index (χ2v) is 9.54. The normalized spacial score (nSPS) is 18.1. The summed E-state index contributed by atoms with van der Waals surface area (Å²) in [6, 6.07) is 18.5. The molecule has 0 radical (unpaired) electrons. The van der Waals surface area contributed by atoms with E-state index in [0.29, 0.717) is 31.7 Å². The van der Waals surface area contributed by atoms with E-state index in [9.17, 15) is 0 Å². The molecule has 0 bridgehead atoms. The van der Waals surface area contributed by atoms with Gasteiger partial charge in [-0.05, 0) is 80.2 Å². The third-order valence-electron chi connectivity index (χ3n) is 6.97. The lowest BCUT2D eigenvalue weighted by molar-refractivity contribution is 0.172. The molecule has 0 heterocycles. The fraction of sp³-hybridized carbons (Fsp3) is 0.552. The summed E-state index contributed by atoms with van der Waals surface area (Å²) in [5.74, 6) is 0. The SMILES string of the molecule is CC#N.CCCN(Cc1ccccc1)C(CC)CCc1c(C2(F)CC2)cccc1C1(F)CC1. The first-order valence-electron chi connectivity index (χ1n) is 12.5. The van der Waals surface area contributed by atoms with Crippen molar-refractivity contribution in [3.05, 3.63) is 70.8 Å². The van der Waals surface area contributed by atoms with Crippen molar-refractivity contribution in [3.63, 3.8) is 0 Å². The number of hydrogen-bond acceptors (Lipinski definition) is 2. The van der Waals surface area contributed by atoms with Crippen molar-refractivity contribution in [1.82, 2.24) is 4.90 Å². The van der Waals surface area contributed by atoms with Crippen molar-refractivity contribution in [1.29, 1.82) is 5.26 Å². The molecule has 1 atom stereocenters. The molecule has 2 aliphatic carbocycles. The van der Waals surface area contributed by atoms with Gasteiger partial charge in [-0.15, -0.1) is 0 Å². The smallest absolute Gasteiger partial charge is 0.136 e. The van der Waals surface area contributed by atoms with Gasteiger partial charge >= 0.3 is 0 Å². The molecule has 2 aromatic rings. The van der Waals surface area contributed by atoms with Gasteiger partial charge in [0.25, 0.3) is 0 Å². The topological polar surface area (TPSA) is 27.0 Å². The number of nitrogens with zero attached hydrogens (tertiary/aromatic N) is 2. The second-order valence-electron chi connectivity index (χ2n) is 9.54. The molecule has 2 saturated carbocycles. The van der Waals surface area contributed by atoms with Crippen LogP contribution in [0.25, 0.3) is 0 Å². The lowest BCUT2D eigenvalue weighted by Crippen LogP contribution is -2.35. The van der Waals surface area contributed by atoms with Crippen LogP contribution in [0.1, 0.15) is 88.0 Å². The van der Waals surface area contributed by atoms with E-state index in [4.69, 9.17) is 5.26 Å². The molecule has 0 saturated heterocycles. The standard InChI is InChI=1S/C27H35F2N.C2H3N/c1-3-19-30(20-21-9-6-5-7-10-21)22(4-2)13-14-23-24(26(28)15-16-26)11-8-12-25(23)27(29)17-18-27;1-2-3/h5-12,22H,3-4,13-20H2,1-2H3;1H3. The summed E-state index contributed by atoms with van der Waals surface area (Å²) in [6.07, 6.45) is 6.17. The highest BCUT2D eigenvalue weighted by atomic mass is 19.1. The molecular formula is C29H38F2N2. The molecule has 0 aliphatic heterocycles. The highest BCUT2D eigenvalue weighted by Crippen LogP contribution is 2.56. The summed E-state index contributed by atoms with van der Waals surface area (Å²) < 4.78 is 30.2. The van der Waals surface area contributed by atoms with Crippen LogP contribution in [0.5, 0.6) is 0 Å². The Morgan fingerprint density at radius 2 is 1.48 bits per heavy atom. The van der Waals surface area contributed by atoms with Gasteiger partial charge in [0, 0.05) is 19.5 Å². The Morgan fingerprint density at radius 3 is 1.94 bits per heavy atom. The quantitative estimate of drug-likeness (QED) is 0.348. The molecular weight excluding hydrogens is 414 g/mol. The van der Waals surface area contributed by atoms with E-state index < -0.39 is 11.3 Å². The fourth-order valence-corrected chi connectivity index (χ4v) is 4.91. The van der Waals surface area contributed by atoms with Crippen LogP contribution in [0.3, 0.4) is 0 Å². The molecule has 2 nitrogen and oxygen atoms in total. The van der Waals surface area contributed by atoms with Gasteiger partial charge in [0.1, 0.15) is 11.3 Å². The number of halogens is 2. The minimum Gasteiger partial charge on any atom is -0.296 e. The van der Waals surface area contributed by atoms with Crippen LogP contribution in [0.15, 0.2) is 48.5 Å². The van der Waals surface area contributed by atoms with Crippen molar-refractivity contribution in [2.45, 2.75) is 96.1 Å². The van der Waals surface area contributed by atoms with Crippen LogP contribution >= 0.6 is 0 Å². The van der Waals surface area contributed by atoms with Gasteiger partial charge in [-0.3, -0.25) is 4.90 Å². The maximum absolute atomic E-state index is 15.1. The van der Waals surface area contributed by atoms with Crippen LogP contribution in [0, 0.1) is 11.3 Å². The molecule has 4 heteroatoms. The Labute approximate surface area is 198 Å². The molecule has 2 aromatic carbocycles. The van der Waals surface area contributed by atoms with Gasteiger partial charge in [-0.1, -0.05) is 62.4 Å². The van der Waals surface area contributed by atoms with E-state index in [0.717, 1.165) is 55.5 Å². The zero-order valence-corrected chi connectivity index (χ0v) is 20.4. The van der Waals surface area contributed by atoms with Crippen molar-refractivity contribution in [3.8, 4) is 6.07 Å². The van der Waals surface area contributed by atoms with Crippen molar-refractivity contribution < 1.29 is 8.78 Å². The number of benzene rings is 2. The number of hydrogen-bond donors (Lipinski definition) is 0. The average Bonchev–Trinajstić information content (AvgIpc) is 3.74. The zero-order chi connectivity index (χ0) is 23.9. The summed E-state index contributed by atoms with van der Waals surface area (Å²) in [5.41, 5.74) is 1.39. The van der Waals surface area contributed by atoms with E-state index >= 15 is 8.78 Å². The fourth-order valence-electron chi connectivity index (χ4n) is 4.91. The molecule has 2 fully saturated rings. The Morgan fingerprint density at radius 1 is 0.939 bits per heavy atom. The maximum atomic E-state index is 15.1. The van der Waals surface area contributed by atoms with Crippen LogP contribution in [0.2, 0.25) is 0 Å². The highest BCUT2D eigenvalue weighted by Gasteiger charge is 2.50. The Balaban J connectivity index is 0.000000968. The summed E-state index contributed by atoms with van der Waals surface area (Å²) in [6.45, 7) is 7.86. The number of rotatable bonds is 11. The molecule has 178 valence electrons. The summed E-state index contributed by atoms with van der Waals surface area (Å²) in [7, 11) is 0. The zero-order valence-electron chi connectivity index (χ0n) is 20.4. The van der Waals surface area contributed by atoms with Gasteiger partial charge < -0.3 is 0 Å². The van der Waals surface area contributed by atoms with Crippen LogP contribution in [-0.2, 0) is 24.3 Å². The van der Waals surface area contributed by atoms with Crippen molar-refractivity contribution in [2.24, 2.45) is 0 Å². The van der Waals surface area contributed by atoms with E-state index in [1.807, 2.05) is 18.2 Å².